The van der Waals surface area contributed by atoms with Gasteiger partial charge in [0.05, 0.1) is 12.0 Å². The Morgan fingerprint density at radius 2 is 2.25 bits per heavy atom. The van der Waals surface area contributed by atoms with Gasteiger partial charge < -0.3 is 15.6 Å². The monoisotopic (exact) mass is 175 g/mol. The van der Waals surface area contributed by atoms with Crippen molar-refractivity contribution in [2.75, 3.05) is 19.8 Å². The minimum Gasteiger partial charge on any atom is -0.466 e. The molecule has 4 heteroatoms. The molecule has 0 saturated carbocycles. The molecule has 0 amide bonds. The van der Waals surface area contributed by atoms with E-state index in [0.29, 0.717) is 13.0 Å². The predicted octanol–water partition coefficient (Wildman–Crippen LogP) is -0.103. The lowest BCUT2D eigenvalue weighted by atomic mass is 9.87. The minimum absolute atomic E-state index is 0.0491. The van der Waals surface area contributed by atoms with Crippen LogP contribution in [0.2, 0.25) is 0 Å². The van der Waals surface area contributed by atoms with Crippen molar-refractivity contribution >= 4 is 5.97 Å². The van der Waals surface area contributed by atoms with Gasteiger partial charge in [-0.2, -0.15) is 0 Å². The van der Waals surface area contributed by atoms with Crippen molar-refractivity contribution in [1.29, 1.82) is 0 Å². The molecule has 4 nitrogen and oxygen atoms in total. The first-order chi connectivity index (χ1) is 5.60. The van der Waals surface area contributed by atoms with Gasteiger partial charge in [0, 0.05) is 13.2 Å². The van der Waals surface area contributed by atoms with Crippen LogP contribution in [0.15, 0.2) is 0 Å². The van der Waals surface area contributed by atoms with Crippen molar-refractivity contribution in [3.05, 3.63) is 0 Å². The van der Waals surface area contributed by atoms with Crippen LogP contribution >= 0.6 is 0 Å². The Balaban J connectivity index is 4.18. The molecule has 0 fully saturated rings. The molecule has 0 heterocycles. The Bertz CT molecular complexity index is 149. The maximum atomic E-state index is 11.3. The number of rotatable bonds is 5. The first-order valence-corrected chi connectivity index (χ1v) is 4.09. The summed E-state index contributed by atoms with van der Waals surface area (Å²) in [6.45, 7) is 3.94. The molecule has 0 aliphatic carbocycles. The zero-order chi connectivity index (χ0) is 9.61. The van der Waals surface area contributed by atoms with Crippen molar-refractivity contribution in [2.45, 2.75) is 20.3 Å². The molecule has 12 heavy (non-hydrogen) atoms. The topological polar surface area (TPSA) is 72.5 Å². The number of hydrogen-bond acceptors (Lipinski definition) is 4. The fourth-order valence-electron chi connectivity index (χ4n) is 0.840. The fraction of sp³-hybridized carbons (Fsp3) is 0.875. The molecule has 72 valence electrons. The van der Waals surface area contributed by atoms with Crippen molar-refractivity contribution in [3.63, 3.8) is 0 Å². The first kappa shape index (κ1) is 11.4. The largest absolute Gasteiger partial charge is 0.466 e. The number of ether oxygens (including phenoxy) is 1. The number of aliphatic hydroxyl groups is 1. The van der Waals surface area contributed by atoms with E-state index in [0.717, 1.165) is 0 Å². The van der Waals surface area contributed by atoms with Gasteiger partial charge in [-0.25, -0.2) is 0 Å². The summed E-state index contributed by atoms with van der Waals surface area (Å²) in [5.41, 5.74) is 4.68. The highest BCUT2D eigenvalue weighted by Crippen LogP contribution is 2.20. The van der Waals surface area contributed by atoms with Crippen LogP contribution in [0.3, 0.4) is 0 Å². The molecule has 0 saturated heterocycles. The van der Waals surface area contributed by atoms with Crippen LogP contribution in [-0.4, -0.2) is 30.8 Å². The SMILES string of the molecule is CCOC(=O)C(C)(CN)CCO. The third-order valence-corrected chi connectivity index (χ3v) is 1.88. The van der Waals surface area contributed by atoms with Gasteiger partial charge in [-0.1, -0.05) is 0 Å². The number of nitrogens with two attached hydrogens (primary N) is 1. The Morgan fingerprint density at radius 3 is 2.58 bits per heavy atom. The molecule has 0 aliphatic rings. The summed E-state index contributed by atoms with van der Waals surface area (Å²) >= 11 is 0. The van der Waals surface area contributed by atoms with E-state index in [9.17, 15) is 4.79 Å². The molecule has 0 spiro atoms. The second-order valence-corrected chi connectivity index (χ2v) is 2.96. The molecular formula is C8H17NO3. The zero-order valence-electron chi connectivity index (χ0n) is 7.67. The third kappa shape index (κ3) is 2.79. The lowest BCUT2D eigenvalue weighted by Crippen LogP contribution is -2.38. The normalized spacial score (nSPS) is 15.3. The van der Waals surface area contributed by atoms with E-state index < -0.39 is 5.41 Å². The standard InChI is InChI=1S/C8H17NO3/c1-3-12-7(11)8(2,6-9)4-5-10/h10H,3-6,9H2,1-2H3. The van der Waals surface area contributed by atoms with E-state index >= 15 is 0 Å². The van der Waals surface area contributed by atoms with E-state index in [-0.39, 0.29) is 19.1 Å². The summed E-state index contributed by atoms with van der Waals surface area (Å²) in [5, 5.41) is 8.69. The molecule has 0 aromatic heterocycles. The van der Waals surface area contributed by atoms with Crippen molar-refractivity contribution in [3.8, 4) is 0 Å². The van der Waals surface area contributed by atoms with Gasteiger partial charge in [0.2, 0.25) is 0 Å². The molecule has 0 aromatic rings. The molecule has 0 aromatic carbocycles. The van der Waals surface area contributed by atoms with E-state index in [2.05, 4.69) is 0 Å². The number of hydrogen-bond donors (Lipinski definition) is 2. The fourth-order valence-corrected chi connectivity index (χ4v) is 0.840. The van der Waals surface area contributed by atoms with Crippen molar-refractivity contribution in [2.24, 2.45) is 11.1 Å². The maximum Gasteiger partial charge on any atom is 0.313 e. The summed E-state index contributed by atoms with van der Waals surface area (Å²) in [4.78, 5) is 11.3. The summed E-state index contributed by atoms with van der Waals surface area (Å²) < 4.78 is 4.82. The average Bonchev–Trinajstić information content (AvgIpc) is 2.05. The Kier molecular flexibility index (Phi) is 4.85. The van der Waals surface area contributed by atoms with Crippen molar-refractivity contribution in [1.82, 2.24) is 0 Å². The number of carbonyl (C=O) groups is 1. The number of aliphatic hydroxyl groups excluding tert-OH is 1. The molecule has 1 unspecified atom stereocenters. The maximum absolute atomic E-state index is 11.3. The van der Waals surface area contributed by atoms with Gasteiger partial charge in [-0.15, -0.1) is 0 Å². The van der Waals surface area contributed by atoms with E-state index in [4.69, 9.17) is 15.6 Å². The van der Waals surface area contributed by atoms with E-state index in [1.165, 1.54) is 0 Å². The van der Waals surface area contributed by atoms with Gasteiger partial charge in [-0.05, 0) is 20.3 Å². The quantitative estimate of drug-likeness (QED) is 0.572. The minimum atomic E-state index is -0.731. The van der Waals surface area contributed by atoms with Crippen LogP contribution in [-0.2, 0) is 9.53 Å². The van der Waals surface area contributed by atoms with Gasteiger partial charge in [-0.3, -0.25) is 4.79 Å². The summed E-state index contributed by atoms with van der Waals surface area (Å²) in [7, 11) is 0. The Labute approximate surface area is 72.7 Å². The van der Waals surface area contributed by atoms with E-state index in [1.54, 1.807) is 13.8 Å². The summed E-state index contributed by atoms with van der Waals surface area (Å²) in [6.07, 6.45) is 0.350. The molecule has 1 atom stereocenters. The third-order valence-electron chi connectivity index (χ3n) is 1.88. The summed E-state index contributed by atoms with van der Waals surface area (Å²) in [5.74, 6) is -0.332. The Morgan fingerprint density at radius 1 is 1.67 bits per heavy atom. The van der Waals surface area contributed by atoms with Gasteiger partial charge in [0.15, 0.2) is 0 Å². The van der Waals surface area contributed by atoms with Gasteiger partial charge in [0.25, 0.3) is 0 Å². The van der Waals surface area contributed by atoms with Crippen LogP contribution in [0.5, 0.6) is 0 Å². The highest BCUT2D eigenvalue weighted by molar-refractivity contribution is 5.76. The Hall–Kier alpha value is -0.610. The lowest BCUT2D eigenvalue weighted by Gasteiger charge is -2.24. The van der Waals surface area contributed by atoms with Crippen LogP contribution < -0.4 is 5.73 Å². The molecule has 3 N–H and O–H groups in total. The van der Waals surface area contributed by atoms with Gasteiger partial charge >= 0.3 is 5.97 Å². The van der Waals surface area contributed by atoms with E-state index in [1.807, 2.05) is 0 Å². The zero-order valence-corrected chi connectivity index (χ0v) is 7.67. The van der Waals surface area contributed by atoms with Crippen LogP contribution in [0.1, 0.15) is 20.3 Å². The van der Waals surface area contributed by atoms with Crippen LogP contribution in [0.4, 0.5) is 0 Å². The number of esters is 1. The second kappa shape index (κ2) is 5.11. The average molecular weight is 175 g/mol. The molecule has 0 bridgehead atoms. The summed E-state index contributed by atoms with van der Waals surface area (Å²) in [6, 6.07) is 0. The molecular weight excluding hydrogens is 158 g/mol. The van der Waals surface area contributed by atoms with Crippen LogP contribution in [0.25, 0.3) is 0 Å². The first-order valence-electron chi connectivity index (χ1n) is 4.09. The highest BCUT2D eigenvalue weighted by Gasteiger charge is 2.32. The lowest BCUT2D eigenvalue weighted by molar-refractivity contribution is -0.154. The van der Waals surface area contributed by atoms with Crippen molar-refractivity contribution < 1.29 is 14.6 Å². The molecule has 0 aliphatic heterocycles. The highest BCUT2D eigenvalue weighted by atomic mass is 16.5. The van der Waals surface area contributed by atoms with Crippen LogP contribution in [0, 0.1) is 5.41 Å². The second-order valence-electron chi connectivity index (χ2n) is 2.96. The predicted molar refractivity (Wildman–Crippen MR) is 45.5 cm³/mol. The molecule has 0 rings (SSSR count). The molecule has 0 radical (unpaired) electrons. The number of carbonyl (C=O) groups excluding carboxylic acids is 1. The smallest absolute Gasteiger partial charge is 0.313 e. The van der Waals surface area contributed by atoms with Gasteiger partial charge in [0.1, 0.15) is 0 Å².